The summed E-state index contributed by atoms with van der Waals surface area (Å²) in [6.07, 6.45) is 5.72. The number of ether oxygens (including phenoxy) is 1. The molecule has 3 aromatic carbocycles. The fourth-order valence-corrected chi connectivity index (χ4v) is 8.28. The van der Waals surface area contributed by atoms with Gasteiger partial charge in [-0.25, -0.2) is 0 Å². The third-order valence-corrected chi connectivity index (χ3v) is 10.9. The maximum absolute atomic E-state index is 14.1. The molecule has 0 aromatic heterocycles. The van der Waals surface area contributed by atoms with Crippen molar-refractivity contribution in [2.45, 2.75) is 89.3 Å². The Balaban J connectivity index is 0.00000249. The number of aliphatic hydroxyl groups is 1. The molecule has 278 valence electrons. The van der Waals surface area contributed by atoms with E-state index >= 15 is 0 Å². The van der Waals surface area contributed by atoms with Gasteiger partial charge in [0.25, 0.3) is 0 Å². The van der Waals surface area contributed by atoms with Crippen LogP contribution in [-0.2, 0) is 54.1 Å². The van der Waals surface area contributed by atoms with Crippen molar-refractivity contribution in [2.75, 3.05) is 0 Å². The van der Waals surface area contributed by atoms with Gasteiger partial charge in [0.05, 0.1) is 0 Å². The van der Waals surface area contributed by atoms with Gasteiger partial charge in [-0.3, -0.25) is 0 Å². The van der Waals surface area contributed by atoms with Gasteiger partial charge in [0, 0.05) is 0 Å². The number of rotatable bonds is 10. The third-order valence-electron chi connectivity index (χ3n) is 10.2. The first-order chi connectivity index (χ1) is 25.6. The minimum absolute atomic E-state index is 0.0183. The molecule has 0 unspecified atom stereocenters. The number of benzene rings is 3. The molecule has 0 radical (unpaired) electrons. The Morgan fingerprint density at radius 2 is 1.30 bits per heavy atom. The van der Waals surface area contributed by atoms with Crippen molar-refractivity contribution in [3.8, 4) is 0 Å². The van der Waals surface area contributed by atoms with Crippen LogP contribution in [0.4, 0.5) is 0 Å². The van der Waals surface area contributed by atoms with Crippen LogP contribution < -0.4 is 0 Å². The number of halogens is 1. The van der Waals surface area contributed by atoms with Crippen molar-refractivity contribution < 1.29 is 53.8 Å². The van der Waals surface area contributed by atoms with Crippen molar-refractivity contribution in [3.05, 3.63) is 140 Å². The van der Waals surface area contributed by atoms with Gasteiger partial charge >= 0.3 is 329 Å². The van der Waals surface area contributed by atoms with Gasteiger partial charge in [0.15, 0.2) is 0 Å². The van der Waals surface area contributed by atoms with Crippen LogP contribution in [0.2, 0.25) is 5.02 Å². The van der Waals surface area contributed by atoms with E-state index in [4.69, 9.17) is 39.6 Å². The van der Waals surface area contributed by atoms with Crippen molar-refractivity contribution in [1.29, 1.82) is 0 Å². The van der Waals surface area contributed by atoms with E-state index in [-0.39, 0.29) is 29.1 Å². The van der Waals surface area contributed by atoms with Gasteiger partial charge in [0.2, 0.25) is 0 Å². The molecular formula is C43H45ClCrO8. The molecule has 2 saturated carbocycles. The summed E-state index contributed by atoms with van der Waals surface area (Å²) >= 11 is 9.38. The molecule has 8 nitrogen and oxygen atoms in total. The van der Waals surface area contributed by atoms with Gasteiger partial charge in [-0.1, -0.05) is 0 Å². The SMILES string of the molecule is C[C@@H]1CC[C@@H](C(C)(C)c2ccccc2)[C@H](O[C](=[Cr])C[C@@H](c2ccccc2)[C@@H]2CCC[C@@H]([C@@H](O)c3ccc(Cl)cc3)C2=O)C1.[C-]#[O+].[C-]#[O+].[C-]#[O+].[C-]#[O+].[C-]#[O+]. The van der Waals surface area contributed by atoms with Crippen LogP contribution in [0.25, 0.3) is 0 Å². The van der Waals surface area contributed by atoms with Crippen LogP contribution in [0.5, 0.6) is 0 Å². The molecule has 5 rings (SSSR count). The fraction of sp³-hybridized carbons (Fsp3) is 0.419. The second-order valence-electron chi connectivity index (χ2n) is 13.4. The molecule has 0 bridgehead atoms. The van der Waals surface area contributed by atoms with E-state index in [2.05, 4.69) is 124 Å². The molecule has 0 heterocycles. The van der Waals surface area contributed by atoms with Crippen LogP contribution >= 0.6 is 11.6 Å². The molecule has 2 fully saturated rings. The van der Waals surface area contributed by atoms with E-state index < -0.39 is 12.0 Å². The Kier molecular flexibility index (Phi) is 25.5. The third kappa shape index (κ3) is 14.4. The monoisotopic (exact) mass is 776 g/mol. The summed E-state index contributed by atoms with van der Waals surface area (Å²) < 4.78 is 45.3. The first-order valence-electron chi connectivity index (χ1n) is 16.9. The predicted octanol–water partition coefficient (Wildman–Crippen LogP) is 8.82. The van der Waals surface area contributed by atoms with E-state index in [1.54, 1.807) is 12.1 Å². The molecule has 0 saturated heterocycles. The van der Waals surface area contributed by atoms with Crippen LogP contribution in [0, 0.1) is 56.9 Å². The number of carbonyl (C=O) groups is 1. The first kappa shape index (κ1) is 49.6. The van der Waals surface area contributed by atoms with E-state index in [1.165, 1.54) is 12.0 Å². The maximum atomic E-state index is 14.1. The van der Waals surface area contributed by atoms with Crippen molar-refractivity contribution in [3.63, 3.8) is 0 Å². The van der Waals surface area contributed by atoms with E-state index in [0.717, 1.165) is 41.4 Å². The molecule has 7 atom stereocenters. The number of carbonyl (C=O) groups excluding carboxylic acids is 1. The van der Waals surface area contributed by atoms with Crippen LogP contribution in [0.15, 0.2) is 84.9 Å². The van der Waals surface area contributed by atoms with Gasteiger partial charge in [-0.2, -0.15) is 0 Å². The van der Waals surface area contributed by atoms with Crippen molar-refractivity contribution in [1.82, 2.24) is 0 Å². The van der Waals surface area contributed by atoms with Crippen LogP contribution in [0.1, 0.15) is 94.4 Å². The van der Waals surface area contributed by atoms with Crippen LogP contribution in [-0.4, -0.2) is 21.6 Å². The Hall–Kier alpha value is -3.36. The predicted molar refractivity (Wildman–Crippen MR) is 192 cm³/mol. The van der Waals surface area contributed by atoms with E-state index in [1.807, 2.05) is 18.2 Å². The van der Waals surface area contributed by atoms with Crippen LogP contribution in [0.3, 0.4) is 0 Å². The molecular weight excluding hydrogens is 732 g/mol. The number of ketones is 1. The van der Waals surface area contributed by atoms with Gasteiger partial charge < -0.3 is 0 Å². The summed E-state index contributed by atoms with van der Waals surface area (Å²) in [5, 5.41) is 11.9. The molecule has 0 aliphatic heterocycles. The van der Waals surface area contributed by atoms with Gasteiger partial charge in [-0.15, -0.1) is 0 Å². The summed E-state index contributed by atoms with van der Waals surface area (Å²) in [4.78, 5) is 14.1. The molecule has 2 aliphatic carbocycles. The number of Topliss-reactive ketones (excluding diaryl/α,β-unsaturated/α-hetero) is 1. The Bertz CT molecular complexity index is 1560. The zero-order chi connectivity index (χ0) is 40.6. The molecule has 0 spiro atoms. The summed E-state index contributed by atoms with van der Waals surface area (Å²) in [5.74, 6) is 0.528. The summed E-state index contributed by atoms with van der Waals surface area (Å²) in [7, 11) is 0. The first-order valence-corrected chi connectivity index (χ1v) is 18.0. The second-order valence-corrected chi connectivity index (χ2v) is 14.6. The summed E-state index contributed by atoms with van der Waals surface area (Å²) in [5.41, 5.74) is 3.23. The topological polar surface area (TPSA) is 146 Å². The fourth-order valence-electron chi connectivity index (χ4n) is 7.68. The van der Waals surface area contributed by atoms with E-state index in [0.29, 0.717) is 29.7 Å². The normalized spacial score (nSPS) is 21.3. The number of hydrogen-bond acceptors (Lipinski definition) is 3. The second kappa shape index (κ2) is 27.3. The number of aliphatic hydroxyl groups excluding tert-OH is 1. The molecule has 10 heteroatoms. The average Bonchev–Trinajstić information content (AvgIpc) is 3.21. The molecule has 1 N–H and O–H groups in total. The minimum atomic E-state index is -0.832. The Morgan fingerprint density at radius 1 is 0.792 bits per heavy atom. The zero-order valence-electron chi connectivity index (χ0n) is 30.2. The van der Waals surface area contributed by atoms with Gasteiger partial charge in [0.1, 0.15) is 0 Å². The summed E-state index contributed by atoms with van der Waals surface area (Å²) in [6, 6.07) is 28.4. The summed E-state index contributed by atoms with van der Waals surface area (Å²) in [6.45, 7) is 29.6. The van der Waals surface area contributed by atoms with E-state index in [9.17, 15) is 9.90 Å². The Labute approximate surface area is 327 Å². The number of hydrogen-bond donors (Lipinski definition) is 1. The zero-order valence-corrected chi connectivity index (χ0v) is 32.2. The Morgan fingerprint density at radius 3 is 1.85 bits per heavy atom. The molecule has 53 heavy (non-hydrogen) atoms. The molecule has 2 aliphatic rings. The quantitative estimate of drug-likeness (QED) is 0.162. The van der Waals surface area contributed by atoms with Crippen molar-refractivity contribution >= 4 is 22.0 Å². The van der Waals surface area contributed by atoms with Crippen molar-refractivity contribution in [2.24, 2.45) is 23.7 Å². The van der Waals surface area contributed by atoms with Gasteiger partial charge in [-0.05, 0) is 0 Å². The molecule has 0 amide bonds. The molecule has 3 aromatic rings. The average molecular weight is 777 g/mol. The standard InChI is InChI=1S/C38H45ClO3.5CO.Cr/c1-26-17-22-34(38(2,3)29-13-8-5-9-14-29)35(25-26)42-24-23-31(27-11-6-4-7-12-27)32-15-10-16-33(37(32)41)36(40)28-18-20-30(39)21-19-28;5*1-2;/h4-9,11-14,18-21,26,31-36,40H,10,15-17,22-23,25H2,1-3H3;;;;;;/t26-,31+,32+,33+,34-,35-,36+;;;;;;/m1....../s1.